The van der Waals surface area contributed by atoms with Crippen LogP contribution in [0.2, 0.25) is 0 Å². The molecule has 2 heterocycles. The molecule has 35 heavy (non-hydrogen) atoms. The largest absolute Gasteiger partial charge is 0.508 e. The third-order valence-electron chi connectivity index (χ3n) is 5.47. The predicted octanol–water partition coefficient (Wildman–Crippen LogP) is 1.06. The monoisotopic (exact) mass is 490 g/mol. The van der Waals surface area contributed by atoms with Crippen LogP contribution in [0, 0.1) is 0 Å². The quantitative estimate of drug-likeness (QED) is 0.225. The summed E-state index contributed by atoms with van der Waals surface area (Å²) in [6, 6.07) is 5.48. The Morgan fingerprint density at radius 2 is 1.69 bits per heavy atom. The van der Waals surface area contributed by atoms with Crippen LogP contribution in [-0.2, 0) is 14.3 Å². The molecule has 0 saturated carbocycles. The number of esters is 1. The molecule has 186 valence electrons. The van der Waals surface area contributed by atoms with E-state index < -0.39 is 70.9 Å². The Bertz CT molecular complexity index is 1350. The van der Waals surface area contributed by atoms with Gasteiger partial charge in [0.2, 0.25) is 17.5 Å². The van der Waals surface area contributed by atoms with Gasteiger partial charge >= 0.3 is 5.97 Å². The minimum atomic E-state index is -1.74. The molecular weight excluding hydrogens is 468 g/mol. The molecule has 1 aliphatic rings. The summed E-state index contributed by atoms with van der Waals surface area (Å²) < 4.78 is 21.9. The minimum Gasteiger partial charge on any atom is -0.508 e. The highest BCUT2D eigenvalue weighted by Crippen LogP contribution is 2.39. The molecule has 0 spiro atoms. The van der Waals surface area contributed by atoms with Gasteiger partial charge in [-0.15, -0.1) is 0 Å². The van der Waals surface area contributed by atoms with Crippen molar-refractivity contribution in [2.24, 2.45) is 0 Å². The SMILES string of the molecule is CC(=O)OC1C(O)C(C)OC(Oc2c(-c3ccc(O)c(O)c3)oc3cc(O)cc(O)c3c2=O)C1O. The van der Waals surface area contributed by atoms with Gasteiger partial charge in [-0.1, -0.05) is 0 Å². The first-order valence-corrected chi connectivity index (χ1v) is 10.4. The molecule has 3 aromatic rings. The zero-order chi connectivity index (χ0) is 25.6. The van der Waals surface area contributed by atoms with E-state index in [1.807, 2.05) is 0 Å². The zero-order valence-corrected chi connectivity index (χ0v) is 18.4. The maximum atomic E-state index is 13.4. The molecule has 1 aliphatic heterocycles. The van der Waals surface area contributed by atoms with Crippen molar-refractivity contribution < 1.29 is 54.1 Å². The molecule has 1 aromatic heterocycles. The smallest absolute Gasteiger partial charge is 0.303 e. The van der Waals surface area contributed by atoms with E-state index in [0.29, 0.717) is 0 Å². The molecule has 0 radical (unpaired) electrons. The predicted molar refractivity (Wildman–Crippen MR) is 117 cm³/mol. The standard InChI is InChI=1S/C23H22O12/c1-8-17(29)21(33-9(2)24)19(31)23(32-8)35-22-18(30)16-14(28)6-11(25)7-15(16)34-20(22)10-3-4-12(26)13(27)5-10/h3-8,17,19,21,23,25-29,31H,1-2H3. The molecule has 4 rings (SSSR count). The summed E-state index contributed by atoms with van der Waals surface area (Å²) in [5.74, 6) is -3.67. The van der Waals surface area contributed by atoms with Gasteiger partial charge in [-0.2, -0.15) is 0 Å². The summed E-state index contributed by atoms with van der Waals surface area (Å²) in [6.07, 6.45) is -7.22. The Morgan fingerprint density at radius 3 is 2.34 bits per heavy atom. The number of carbonyl (C=O) groups excluding carboxylic acids is 1. The lowest BCUT2D eigenvalue weighted by Gasteiger charge is -2.40. The number of fused-ring (bicyclic) bond motifs is 1. The minimum absolute atomic E-state index is 0.0482. The Kier molecular flexibility index (Phi) is 6.19. The topological polar surface area (TPSA) is 196 Å². The van der Waals surface area contributed by atoms with Crippen molar-refractivity contribution in [1.29, 1.82) is 0 Å². The van der Waals surface area contributed by atoms with Gasteiger partial charge in [0.1, 0.15) is 28.6 Å². The Morgan fingerprint density at radius 1 is 0.971 bits per heavy atom. The lowest BCUT2D eigenvalue weighted by molar-refractivity contribution is -0.272. The summed E-state index contributed by atoms with van der Waals surface area (Å²) in [5.41, 5.74) is -1.11. The number of rotatable bonds is 4. The number of benzene rings is 2. The van der Waals surface area contributed by atoms with Gasteiger partial charge in [0.15, 0.2) is 29.5 Å². The Labute approximate surface area is 196 Å². The molecule has 12 nitrogen and oxygen atoms in total. The average Bonchev–Trinajstić information content (AvgIpc) is 2.77. The average molecular weight is 490 g/mol. The van der Waals surface area contributed by atoms with Gasteiger partial charge < -0.3 is 49.3 Å². The fourth-order valence-electron chi connectivity index (χ4n) is 3.77. The highest BCUT2D eigenvalue weighted by molar-refractivity contribution is 5.88. The van der Waals surface area contributed by atoms with Crippen molar-refractivity contribution in [3.8, 4) is 40.1 Å². The van der Waals surface area contributed by atoms with Crippen molar-refractivity contribution >= 4 is 16.9 Å². The molecule has 0 bridgehead atoms. The molecule has 12 heteroatoms. The van der Waals surface area contributed by atoms with Crippen LogP contribution >= 0.6 is 0 Å². The summed E-state index contributed by atoms with van der Waals surface area (Å²) in [6.45, 7) is 2.51. The van der Waals surface area contributed by atoms with Crippen LogP contribution in [-0.4, -0.2) is 67.3 Å². The second-order valence-electron chi connectivity index (χ2n) is 8.01. The van der Waals surface area contributed by atoms with E-state index in [-0.39, 0.29) is 22.3 Å². The molecule has 2 aromatic carbocycles. The van der Waals surface area contributed by atoms with E-state index >= 15 is 0 Å². The van der Waals surface area contributed by atoms with Crippen molar-refractivity contribution in [2.45, 2.75) is 44.6 Å². The van der Waals surface area contributed by atoms with Crippen molar-refractivity contribution in [1.82, 2.24) is 0 Å². The first-order valence-electron chi connectivity index (χ1n) is 10.4. The van der Waals surface area contributed by atoms with E-state index in [1.165, 1.54) is 13.0 Å². The van der Waals surface area contributed by atoms with Gasteiger partial charge in [0.25, 0.3) is 0 Å². The van der Waals surface area contributed by atoms with Gasteiger partial charge in [-0.05, 0) is 25.1 Å². The van der Waals surface area contributed by atoms with E-state index in [4.69, 9.17) is 18.6 Å². The molecule has 5 unspecified atom stereocenters. The number of aromatic hydroxyl groups is 4. The number of ether oxygens (including phenoxy) is 3. The van der Waals surface area contributed by atoms with Crippen LogP contribution in [0.3, 0.4) is 0 Å². The third kappa shape index (κ3) is 4.41. The summed E-state index contributed by atoms with van der Waals surface area (Å²) in [7, 11) is 0. The third-order valence-corrected chi connectivity index (χ3v) is 5.47. The fraction of sp³-hybridized carbons (Fsp3) is 0.304. The van der Waals surface area contributed by atoms with Crippen LogP contribution in [0.25, 0.3) is 22.3 Å². The van der Waals surface area contributed by atoms with Crippen molar-refractivity contribution in [3.05, 3.63) is 40.6 Å². The number of carbonyl (C=O) groups is 1. The van der Waals surface area contributed by atoms with Crippen molar-refractivity contribution in [2.75, 3.05) is 0 Å². The van der Waals surface area contributed by atoms with Crippen LogP contribution in [0.5, 0.6) is 28.7 Å². The summed E-state index contributed by atoms with van der Waals surface area (Å²) >= 11 is 0. The Hall–Kier alpha value is -4.00. The van der Waals surface area contributed by atoms with Gasteiger partial charge in [-0.25, -0.2) is 0 Å². The number of phenolic OH excluding ortho intramolecular Hbond substituents is 4. The maximum Gasteiger partial charge on any atom is 0.303 e. The highest BCUT2D eigenvalue weighted by Gasteiger charge is 2.46. The second kappa shape index (κ2) is 8.98. The molecule has 5 atom stereocenters. The molecule has 6 N–H and O–H groups in total. The van der Waals surface area contributed by atoms with E-state index in [9.17, 15) is 40.2 Å². The van der Waals surface area contributed by atoms with Gasteiger partial charge in [0.05, 0.1) is 6.10 Å². The van der Waals surface area contributed by atoms with Gasteiger partial charge in [0, 0.05) is 24.6 Å². The normalized spacial score (nSPS) is 24.3. The first kappa shape index (κ1) is 24.1. The summed E-state index contributed by atoms with van der Waals surface area (Å²) in [4.78, 5) is 24.8. The molecule has 0 aliphatic carbocycles. The van der Waals surface area contributed by atoms with Crippen molar-refractivity contribution in [3.63, 3.8) is 0 Å². The molecule has 0 amide bonds. The number of aliphatic hydroxyl groups excluding tert-OH is 2. The summed E-state index contributed by atoms with van der Waals surface area (Å²) in [5, 5.41) is 60.3. The van der Waals surface area contributed by atoms with E-state index in [0.717, 1.165) is 31.2 Å². The van der Waals surface area contributed by atoms with Crippen LogP contribution in [0.4, 0.5) is 0 Å². The van der Waals surface area contributed by atoms with E-state index in [1.54, 1.807) is 0 Å². The number of phenols is 4. The number of hydrogen-bond donors (Lipinski definition) is 6. The molecule has 1 fully saturated rings. The Balaban J connectivity index is 1.88. The maximum absolute atomic E-state index is 13.4. The lowest BCUT2D eigenvalue weighted by Crippen LogP contribution is -2.59. The highest BCUT2D eigenvalue weighted by atomic mass is 16.7. The number of hydrogen-bond acceptors (Lipinski definition) is 12. The van der Waals surface area contributed by atoms with E-state index in [2.05, 4.69) is 0 Å². The second-order valence-corrected chi connectivity index (χ2v) is 8.01. The van der Waals surface area contributed by atoms with Crippen LogP contribution in [0.15, 0.2) is 39.5 Å². The zero-order valence-electron chi connectivity index (χ0n) is 18.4. The molecule has 1 saturated heterocycles. The fourth-order valence-corrected chi connectivity index (χ4v) is 3.77. The first-order chi connectivity index (χ1) is 16.5. The number of aliphatic hydroxyl groups is 2. The van der Waals surface area contributed by atoms with Crippen LogP contribution in [0.1, 0.15) is 13.8 Å². The lowest BCUT2D eigenvalue weighted by atomic mass is 9.99. The van der Waals surface area contributed by atoms with Gasteiger partial charge in [-0.3, -0.25) is 9.59 Å². The van der Waals surface area contributed by atoms with Crippen LogP contribution < -0.4 is 10.2 Å². The molecular formula is C23H22O12.